The van der Waals surface area contributed by atoms with Crippen molar-refractivity contribution in [2.45, 2.75) is 32.8 Å². The molecule has 116 valence electrons. The summed E-state index contributed by atoms with van der Waals surface area (Å²) in [5, 5.41) is 9.92. The standard InChI is InChI=1S/C16H24N2O2S/c1-4-18(11-16(2,3)20)15(19)13(14(17)21)10-12-8-6-5-7-9-12/h5-9,13,20H,4,10-11H2,1-3H3,(H2,17,21). The molecular weight excluding hydrogens is 284 g/mol. The monoisotopic (exact) mass is 308 g/mol. The highest BCUT2D eigenvalue weighted by atomic mass is 32.1. The van der Waals surface area contributed by atoms with Gasteiger partial charge in [0, 0.05) is 13.1 Å². The van der Waals surface area contributed by atoms with Gasteiger partial charge >= 0.3 is 0 Å². The zero-order valence-corrected chi connectivity index (χ0v) is 13.7. The second kappa shape index (κ2) is 7.52. The summed E-state index contributed by atoms with van der Waals surface area (Å²) < 4.78 is 0. The van der Waals surface area contributed by atoms with Crippen molar-refractivity contribution in [3.05, 3.63) is 35.9 Å². The molecule has 1 rings (SSSR count). The molecule has 0 saturated heterocycles. The molecule has 21 heavy (non-hydrogen) atoms. The highest BCUT2D eigenvalue weighted by Gasteiger charge is 2.29. The number of rotatable bonds is 7. The minimum absolute atomic E-state index is 0.129. The van der Waals surface area contributed by atoms with Crippen molar-refractivity contribution in [1.29, 1.82) is 0 Å². The molecule has 0 spiro atoms. The summed E-state index contributed by atoms with van der Waals surface area (Å²) in [5.41, 5.74) is 5.83. The number of benzene rings is 1. The van der Waals surface area contributed by atoms with Crippen molar-refractivity contribution in [3.63, 3.8) is 0 Å². The van der Waals surface area contributed by atoms with Gasteiger partial charge in [-0.2, -0.15) is 0 Å². The molecule has 0 bridgehead atoms. The smallest absolute Gasteiger partial charge is 0.232 e. The molecule has 1 aromatic carbocycles. The third-order valence-corrected chi connectivity index (χ3v) is 3.48. The van der Waals surface area contributed by atoms with E-state index in [1.165, 1.54) is 0 Å². The van der Waals surface area contributed by atoms with Crippen molar-refractivity contribution in [1.82, 2.24) is 4.90 Å². The molecule has 0 aliphatic carbocycles. The summed E-state index contributed by atoms with van der Waals surface area (Å²) >= 11 is 5.07. The van der Waals surface area contributed by atoms with Gasteiger partial charge < -0.3 is 15.7 Å². The molecule has 1 unspecified atom stereocenters. The van der Waals surface area contributed by atoms with Gasteiger partial charge in [-0.1, -0.05) is 42.5 Å². The molecule has 0 radical (unpaired) electrons. The van der Waals surface area contributed by atoms with Crippen LogP contribution in [0.3, 0.4) is 0 Å². The van der Waals surface area contributed by atoms with E-state index < -0.39 is 11.5 Å². The van der Waals surface area contributed by atoms with Crippen LogP contribution in [0, 0.1) is 5.92 Å². The van der Waals surface area contributed by atoms with Crippen LogP contribution in [0.4, 0.5) is 0 Å². The van der Waals surface area contributed by atoms with Crippen LogP contribution in [0.2, 0.25) is 0 Å². The third kappa shape index (κ3) is 5.81. The van der Waals surface area contributed by atoms with E-state index >= 15 is 0 Å². The van der Waals surface area contributed by atoms with Gasteiger partial charge in [-0.05, 0) is 32.8 Å². The van der Waals surface area contributed by atoms with Crippen molar-refractivity contribution < 1.29 is 9.90 Å². The number of aliphatic hydroxyl groups is 1. The van der Waals surface area contributed by atoms with E-state index in [-0.39, 0.29) is 17.4 Å². The van der Waals surface area contributed by atoms with E-state index in [1.807, 2.05) is 37.3 Å². The quantitative estimate of drug-likeness (QED) is 0.753. The van der Waals surface area contributed by atoms with Crippen LogP contribution in [-0.4, -0.2) is 39.6 Å². The van der Waals surface area contributed by atoms with Gasteiger partial charge in [0.2, 0.25) is 5.91 Å². The Kier molecular flexibility index (Phi) is 6.30. The molecule has 5 heteroatoms. The minimum atomic E-state index is -0.945. The Hall–Kier alpha value is -1.46. The van der Waals surface area contributed by atoms with Gasteiger partial charge in [-0.25, -0.2) is 0 Å². The molecule has 0 aliphatic heterocycles. The van der Waals surface area contributed by atoms with E-state index in [4.69, 9.17) is 18.0 Å². The molecule has 1 amide bonds. The largest absolute Gasteiger partial charge is 0.393 e. The normalized spacial score (nSPS) is 12.8. The maximum absolute atomic E-state index is 12.6. The van der Waals surface area contributed by atoms with Crippen molar-refractivity contribution in [2.24, 2.45) is 11.7 Å². The first kappa shape index (κ1) is 17.6. The van der Waals surface area contributed by atoms with Crippen LogP contribution in [0.5, 0.6) is 0 Å². The Morgan fingerprint density at radius 2 is 1.95 bits per heavy atom. The first-order chi connectivity index (χ1) is 9.74. The van der Waals surface area contributed by atoms with Crippen molar-refractivity contribution in [3.8, 4) is 0 Å². The predicted molar refractivity (Wildman–Crippen MR) is 89.0 cm³/mol. The summed E-state index contributed by atoms with van der Waals surface area (Å²) in [5.74, 6) is -0.666. The lowest BCUT2D eigenvalue weighted by molar-refractivity contribution is -0.136. The van der Waals surface area contributed by atoms with E-state index in [9.17, 15) is 9.90 Å². The molecule has 1 atom stereocenters. The van der Waals surface area contributed by atoms with E-state index in [2.05, 4.69) is 0 Å². The number of carbonyl (C=O) groups excluding carboxylic acids is 1. The molecule has 0 aromatic heterocycles. The number of hydrogen-bond donors (Lipinski definition) is 2. The average Bonchev–Trinajstić information content (AvgIpc) is 2.41. The lowest BCUT2D eigenvalue weighted by atomic mass is 9.97. The second-order valence-corrected chi connectivity index (χ2v) is 6.28. The van der Waals surface area contributed by atoms with Gasteiger partial charge in [0.25, 0.3) is 0 Å². The van der Waals surface area contributed by atoms with Gasteiger partial charge in [0.05, 0.1) is 16.5 Å². The lowest BCUT2D eigenvalue weighted by Gasteiger charge is -2.31. The van der Waals surface area contributed by atoms with Crippen LogP contribution >= 0.6 is 12.2 Å². The number of thiocarbonyl (C=S) groups is 1. The topological polar surface area (TPSA) is 66.6 Å². The Bertz CT molecular complexity index is 483. The van der Waals surface area contributed by atoms with Gasteiger partial charge in [0.1, 0.15) is 0 Å². The van der Waals surface area contributed by atoms with Gasteiger partial charge in [0.15, 0.2) is 0 Å². The van der Waals surface area contributed by atoms with Crippen LogP contribution in [0.1, 0.15) is 26.3 Å². The van der Waals surface area contributed by atoms with Crippen LogP contribution < -0.4 is 5.73 Å². The molecule has 3 N–H and O–H groups in total. The fraction of sp³-hybridized carbons (Fsp3) is 0.500. The first-order valence-electron chi connectivity index (χ1n) is 7.09. The summed E-state index contributed by atoms with van der Waals surface area (Å²) in [7, 11) is 0. The molecule has 0 heterocycles. The van der Waals surface area contributed by atoms with E-state index in [0.29, 0.717) is 13.0 Å². The lowest BCUT2D eigenvalue weighted by Crippen LogP contribution is -2.47. The Morgan fingerprint density at radius 3 is 2.38 bits per heavy atom. The summed E-state index contributed by atoms with van der Waals surface area (Å²) in [6.07, 6.45) is 0.483. The fourth-order valence-corrected chi connectivity index (χ4v) is 2.38. The van der Waals surface area contributed by atoms with Gasteiger partial charge in [-0.15, -0.1) is 0 Å². The highest BCUT2D eigenvalue weighted by molar-refractivity contribution is 7.80. The Labute approximate surface area is 131 Å². The number of carbonyl (C=O) groups is 1. The first-order valence-corrected chi connectivity index (χ1v) is 7.50. The summed E-state index contributed by atoms with van der Waals surface area (Å²) in [6.45, 7) is 6.00. The number of hydrogen-bond acceptors (Lipinski definition) is 3. The Morgan fingerprint density at radius 1 is 1.38 bits per heavy atom. The zero-order valence-electron chi connectivity index (χ0n) is 12.9. The molecule has 0 saturated carbocycles. The van der Waals surface area contributed by atoms with Crippen LogP contribution in [-0.2, 0) is 11.2 Å². The van der Waals surface area contributed by atoms with Crippen LogP contribution in [0.15, 0.2) is 30.3 Å². The molecular formula is C16H24N2O2S. The molecule has 1 aromatic rings. The number of nitrogens with two attached hydrogens (primary N) is 1. The van der Waals surface area contributed by atoms with Crippen molar-refractivity contribution >= 4 is 23.1 Å². The molecule has 0 fully saturated rings. The second-order valence-electron chi connectivity index (χ2n) is 5.81. The van der Waals surface area contributed by atoms with Gasteiger partial charge in [-0.3, -0.25) is 4.79 Å². The maximum atomic E-state index is 12.6. The maximum Gasteiger partial charge on any atom is 0.232 e. The van der Waals surface area contributed by atoms with E-state index in [0.717, 1.165) is 5.56 Å². The zero-order chi connectivity index (χ0) is 16.0. The van der Waals surface area contributed by atoms with Crippen LogP contribution in [0.25, 0.3) is 0 Å². The summed E-state index contributed by atoms with van der Waals surface area (Å²) in [4.78, 5) is 14.4. The molecule has 0 aliphatic rings. The SMILES string of the molecule is CCN(CC(C)(C)O)C(=O)C(Cc1ccccc1)C(N)=S. The summed E-state index contributed by atoms with van der Waals surface area (Å²) in [6, 6.07) is 9.67. The Balaban J connectivity index is 2.88. The van der Waals surface area contributed by atoms with E-state index in [1.54, 1.807) is 18.7 Å². The number of likely N-dealkylation sites (N-methyl/N-ethyl adjacent to an activating group) is 1. The fourth-order valence-electron chi connectivity index (χ4n) is 2.19. The minimum Gasteiger partial charge on any atom is -0.393 e. The predicted octanol–water partition coefficient (Wildman–Crippen LogP) is 1.75. The van der Waals surface area contributed by atoms with Crippen molar-refractivity contribution in [2.75, 3.05) is 13.1 Å². The number of amides is 1. The molecule has 4 nitrogen and oxygen atoms in total. The average molecular weight is 308 g/mol. The highest BCUT2D eigenvalue weighted by Crippen LogP contribution is 2.15. The number of nitrogens with zero attached hydrogens (tertiary/aromatic N) is 1. The third-order valence-electron chi connectivity index (χ3n) is 3.20.